The van der Waals surface area contributed by atoms with E-state index in [1.165, 1.54) is 0 Å². The zero-order valence-corrected chi connectivity index (χ0v) is 17.5. The highest BCUT2D eigenvalue weighted by atomic mass is 31.2. The molecule has 0 bridgehead atoms. The first-order valence-corrected chi connectivity index (χ1v) is 13.0. The Hall–Kier alpha value is -0.853. The summed E-state index contributed by atoms with van der Waals surface area (Å²) in [6, 6.07) is 5.30. The molecule has 0 aliphatic rings. The van der Waals surface area contributed by atoms with Gasteiger partial charge in [0.1, 0.15) is 11.5 Å². The molecule has 0 radical (unpaired) electrons. The average molecular weight is 376 g/mol. The van der Waals surface area contributed by atoms with Gasteiger partial charge in [-0.05, 0) is 51.2 Å². The van der Waals surface area contributed by atoms with Crippen molar-refractivity contribution in [2.75, 3.05) is 27.4 Å². The number of hydrogen-bond acceptors (Lipinski definition) is 6. The summed E-state index contributed by atoms with van der Waals surface area (Å²) in [5, 5.41) is 0. The van der Waals surface area contributed by atoms with Crippen molar-refractivity contribution in [3.63, 3.8) is 0 Å². The van der Waals surface area contributed by atoms with Gasteiger partial charge in [-0.3, -0.25) is 4.57 Å². The highest BCUT2D eigenvalue weighted by molar-refractivity contribution is 7.54. The normalized spacial score (nSPS) is 13.6. The molecule has 1 rings (SSSR count). The van der Waals surface area contributed by atoms with Crippen LogP contribution in [0.5, 0.6) is 11.5 Å². The maximum absolute atomic E-state index is 13.4. The Morgan fingerprint density at radius 3 is 1.75 bits per heavy atom. The van der Waals surface area contributed by atoms with E-state index in [4.69, 9.17) is 22.9 Å². The summed E-state index contributed by atoms with van der Waals surface area (Å²) < 4.78 is 41.3. The maximum atomic E-state index is 13.4. The molecule has 138 valence electrons. The Balaban J connectivity index is 3.44. The standard InChI is InChI=1S/C16H29O6PSi/c1-8-20-23(17,21-9-2)16(22-24(5,6)7)13-10-14(18-3)12-15(11-13)19-4/h10-12,16H,8-9H2,1-7H3. The van der Waals surface area contributed by atoms with Gasteiger partial charge in [-0.2, -0.15) is 0 Å². The van der Waals surface area contributed by atoms with Gasteiger partial charge in [0.25, 0.3) is 0 Å². The molecule has 0 aliphatic carbocycles. The second kappa shape index (κ2) is 9.01. The van der Waals surface area contributed by atoms with Gasteiger partial charge in [0.15, 0.2) is 14.2 Å². The molecule has 1 aromatic carbocycles. The van der Waals surface area contributed by atoms with Gasteiger partial charge >= 0.3 is 7.60 Å². The summed E-state index contributed by atoms with van der Waals surface area (Å²) in [6.45, 7) is 10.2. The van der Waals surface area contributed by atoms with Crippen LogP contribution in [-0.4, -0.2) is 35.8 Å². The highest BCUT2D eigenvalue weighted by Gasteiger charge is 2.41. The predicted octanol–water partition coefficient (Wildman–Crippen LogP) is 4.82. The van der Waals surface area contributed by atoms with Crippen molar-refractivity contribution >= 4 is 15.9 Å². The molecule has 1 atom stereocenters. The van der Waals surface area contributed by atoms with Crippen LogP contribution < -0.4 is 9.47 Å². The molecule has 8 heteroatoms. The van der Waals surface area contributed by atoms with Crippen molar-refractivity contribution < 1.29 is 27.5 Å². The SMILES string of the molecule is CCOP(=O)(OCC)C(O[Si](C)(C)C)c1cc(OC)cc(OC)c1. The lowest BCUT2D eigenvalue weighted by molar-refractivity contribution is 0.158. The zero-order valence-electron chi connectivity index (χ0n) is 15.6. The molecular formula is C16H29O6PSi. The van der Waals surface area contributed by atoms with E-state index in [0.717, 1.165) is 0 Å². The van der Waals surface area contributed by atoms with Crippen LogP contribution in [-0.2, 0) is 18.0 Å². The summed E-state index contributed by atoms with van der Waals surface area (Å²) in [5.41, 5.74) is 0.652. The fourth-order valence-corrected chi connectivity index (χ4v) is 6.00. The third-order valence-electron chi connectivity index (χ3n) is 3.03. The topological polar surface area (TPSA) is 63.2 Å². The van der Waals surface area contributed by atoms with Crippen molar-refractivity contribution in [1.82, 2.24) is 0 Å². The van der Waals surface area contributed by atoms with E-state index in [2.05, 4.69) is 0 Å². The van der Waals surface area contributed by atoms with E-state index in [9.17, 15) is 4.57 Å². The van der Waals surface area contributed by atoms with Gasteiger partial charge in [0.2, 0.25) is 0 Å². The van der Waals surface area contributed by atoms with Crippen molar-refractivity contribution in [3.05, 3.63) is 23.8 Å². The van der Waals surface area contributed by atoms with Gasteiger partial charge < -0.3 is 22.9 Å². The zero-order chi connectivity index (χ0) is 18.4. The number of benzene rings is 1. The average Bonchev–Trinajstić information content (AvgIpc) is 2.51. The van der Waals surface area contributed by atoms with Crippen LogP contribution in [0.15, 0.2) is 18.2 Å². The molecule has 0 aromatic heterocycles. The first-order valence-electron chi connectivity index (χ1n) is 7.98. The lowest BCUT2D eigenvalue weighted by Crippen LogP contribution is -2.29. The number of hydrogen-bond donors (Lipinski definition) is 0. The van der Waals surface area contributed by atoms with E-state index in [1.54, 1.807) is 46.3 Å². The Bertz CT molecular complexity index is 540. The van der Waals surface area contributed by atoms with E-state index in [1.807, 2.05) is 19.6 Å². The number of methoxy groups -OCH3 is 2. The Morgan fingerprint density at radius 1 is 0.958 bits per heavy atom. The second-order valence-corrected chi connectivity index (χ2v) is 12.6. The van der Waals surface area contributed by atoms with Crippen LogP contribution in [0.25, 0.3) is 0 Å². The first-order chi connectivity index (χ1) is 11.2. The third kappa shape index (κ3) is 5.90. The van der Waals surface area contributed by atoms with Crippen molar-refractivity contribution in [1.29, 1.82) is 0 Å². The Kier molecular flexibility index (Phi) is 7.96. The molecule has 0 N–H and O–H groups in total. The minimum absolute atomic E-state index is 0.268. The summed E-state index contributed by atoms with van der Waals surface area (Å²) in [7, 11) is -2.41. The van der Waals surface area contributed by atoms with Gasteiger partial charge in [-0.1, -0.05) is 0 Å². The molecule has 0 aliphatic heterocycles. The van der Waals surface area contributed by atoms with E-state index in [0.29, 0.717) is 17.1 Å². The van der Waals surface area contributed by atoms with E-state index in [-0.39, 0.29) is 13.2 Å². The second-order valence-electron chi connectivity index (χ2n) is 6.10. The maximum Gasteiger partial charge on any atom is 0.362 e. The summed E-state index contributed by atoms with van der Waals surface area (Å²) >= 11 is 0. The number of rotatable bonds is 10. The summed E-state index contributed by atoms with van der Waals surface area (Å²) in [4.78, 5) is 0. The Morgan fingerprint density at radius 2 is 1.42 bits per heavy atom. The van der Waals surface area contributed by atoms with Crippen LogP contribution >= 0.6 is 7.60 Å². The Labute approximate surface area is 146 Å². The minimum Gasteiger partial charge on any atom is -0.497 e. The lowest BCUT2D eigenvalue weighted by atomic mass is 10.2. The van der Waals surface area contributed by atoms with Crippen LogP contribution in [0.4, 0.5) is 0 Å². The highest BCUT2D eigenvalue weighted by Crippen LogP contribution is 2.62. The van der Waals surface area contributed by atoms with Gasteiger partial charge in [0.05, 0.1) is 27.4 Å². The monoisotopic (exact) mass is 376 g/mol. The molecule has 24 heavy (non-hydrogen) atoms. The van der Waals surface area contributed by atoms with Crippen LogP contribution in [0.2, 0.25) is 19.6 Å². The van der Waals surface area contributed by atoms with Gasteiger partial charge in [-0.25, -0.2) is 0 Å². The summed E-state index contributed by atoms with van der Waals surface area (Å²) in [6.07, 6.45) is 0. The summed E-state index contributed by atoms with van der Waals surface area (Å²) in [5.74, 6) is 0.356. The van der Waals surface area contributed by atoms with Gasteiger partial charge in [0, 0.05) is 6.07 Å². The van der Waals surface area contributed by atoms with Gasteiger partial charge in [-0.15, -0.1) is 0 Å². The minimum atomic E-state index is -3.51. The van der Waals surface area contributed by atoms with Crippen molar-refractivity contribution in [2.45, 2.75) is 39.3 Å². The quantitative estimate of drug-likeness (QED) is 0.431. The largest absolute Gasteiger partial charge is 0.497 e. The molecule has 6 nitrogen and oxygen atoms in total. The molecule has 1 aromatic rings. The molecule has 1 unspecified atom stereocenters. The molecule has 0 heterocycles. The molecule has 0 saturated heterocycles. The predicted molar refractivity (Wildman–Crippen MR) is 97.6 cm³/mol. The molecular weight excluding hydrogens is 347 g/mol. The molecule has 0 amide bonds. The fraction of sp³-hybridized carbons (Fsp3) is 0.625. The number of ether oxygens (including phenoxy) is 2. The van der Waals surface area contributed by atoms with Crippen LogP contribution in [0.1, 0.15) is 25.3 Å². The van der Waals surface area contributed by atoms with Crippen LogP contribution in [0, 0.1) is 0 Å². The van der Waals surface area contributed by atoms with Crippen molar-refractivity contribution in [2.24, 2.45) is 0 Å². The smallest absolute Gasteiger partial charge is 0.362 e. The lowest BCUT2D eigenvalue weighted by Gasteiger charge is -2.32. The van der Waals surface area contributed by atoms with E-state index < -0.39 is 21.8 Å². The van der Waals surface area contributed by atoms with Crippen LogP contribution in [0.3, 0.4) is 0 Å². The molecule has 0 spiro atoms. The van der Waals surface area contributed by atoms with Crippen molar-refractivity contribution in [3.8, 4) is 11.5 Å². The molecule has 0 fully saturated rings. The van der Waals surface area contributed by atoms with E-state index >= 15 is 0 Å². The molecule has 0 saturated carbocycles. The first kappa shape index (κ1) is 21.2. The third-order valence-corrected chi connectivity index (χ3v) is 6.38. The fourth-order valence-electron chi connectivity index (χ4n) is 2.15.